The Labute approximate surface area is 262 Å². The molecule has 0 saturated heterocycles. The molecule has 0 spiro atoms. The lowest BCUT2D eigenvalue weighted by atomic mass is 9.97. The SMILES string of the molecule is Cc1sc(/C=C/c2ccc3cccc(O)c3n2)cc1C1=C(c2cc(/C=C/c3ccc4cccc(O)c4n3)sc2C)CSC1. The van der Waals surface area contributed by atoms with Crippen molar-refractivity contribution in [2.75, 3.05) is 11.5 Å². The molecule has 7 rings (SSSR count). The molecule has 43 heavy (non-hydrogen) atoms. The first-order chi connectivity index (χ1) is 20.9. The van der Waals surface area contributed by atoms with Crippen molar-refractivity contribution in [2.24, 2.45) is 0 Å². The van der Waals surface area contributed by atoms with Crippen LogP contribution in [0.1, 0.15) is 42.0 Å². The summed E-state index contributed by atoms with van der Waals surface area (Å²) in [7, 11) is 0. The summed E-state index contributed by atoms with van der Waals surface area (Å²) >= 11 is 5.57. The van der Waals surface area contributed by atoms with Crippen molar-refractivity contribution in [2.45, 2.75) is 13.8 Å². The lowest BCUT2D eigenvalue weighted by Gasteiger charge is -2.06. The summed E-state index contributed by atoms with van der Waals surface area (Å²) in [6, 6.07) is 23.5. The fraction of sp³-hybridized carbons (Fsp3) is 0.111. The number of aryl methyl sites for hydroxylation is 2. The van der Waals surface area contributed by atoms with Gasteiger partial charge >= 0.3 is 0 Å². The van der Waals surface area contributed by atoms with E-state index in [1.165, 1.54) is 41.8 Å². The van der Waals surface area contributed by atoms with Gasteiger partial charge in [0, 0.05) is 41.8 Å². The molecule has 0 atom stereocenters. The summed E-state index contributed by atoms with van der Waals surface area (Å²) in [4.78, 5) is 14.3. The van der Waals surface area contributed by atoms with Gasteiger partial charge in [0.2, 0.25) is 0 Å². The number of hydrogen-bond acceptors (Lipinski definition) is 7. The molecule has 4 aromatic heterocycles. The van der Waals surface area contributed by atoms with Gasteiger partial charge in [-0.05, 0) is 96.8 Å². The molecule has 2 N–H and O–H groups in total. The third-order valence-corrected chi connectivity index (χ3v) is 10.7. The molecular formula is C36H28N2O2S3. The van der Waals surface area contributed by atoms with Crippen LogP contribution < -0.4 is 0 Å². The average Bonchev–Trinajstić information content (AvgIpc) is 3.73. The lowest BCUT2D eigenvalue weighted by molar-refractivity contribution is 0.480. The van der Waals surface area contributed by atoms with Crippen LogP contribution >= 0.6 is 34.4 Å². The van der Waals surface area contributed by atoms with E-state index in [9.17, 15) is 10.2 Å². The fourth-order valence-electron chi connectivity index (χ4n) is 5.50. The summed E-state index contributed by atoms with van der Waals surface area (Å²) in [5.74, 6) is 2.42. The maximum atomic E-state index is 10.2. The number of thiophene rings is 2. The van der Waals surface area contributed by atoms with Gasteiger partial charge in [-0.2, -0.15) is 11.8 Å². The molecule has 0 radical (unpaired) electrons. The molecule has 1 aliphatic heterocycles. The Kier molecular flexibility index (Phi) is 7.39. The highest BCUT2D eigenvalue weighted by Crippen LogP contribution is 2.44. The minimum Gasteiger partial charge on any atom is -0.506 e. The summed E-state index contributed by atoms with van der Waals surface area (Å²) in [5.41, 5.74) is 8.40. The molecule has 1 aliphatic rings. The highest BCUT2D eigenvalue weighted by molar-refractivity contribution is 8.00. The van der Waals surface area contributed by atoms with E-state index in [2.05, 4.69) is 48.1 Å². The summed E-state index contributed by atoms with van der Waals surface area (Å²) < 4.78 is 0. The van der Waals surface area contributed by atoms with Crippen LogP contribution in [0.3, 0.4) is 0 Å². The topological polar surface area (TPSA) is 66.2 Å². The third-order valence-electron chi connectivity index (χ3n) is 7.66. The molecule has 0 unspecified atom stereocenters. The summed E-state index contributed by atoms with van der Waals surface area (Å²) in [5, 5.41) is 22.3. The van der Waals surface area contributed by atoms with Crippen LogP contribution in [0.25, 0.3) is 57.3 Å². The third kappa shape index (κ3) is 5.52. The van der Waals surface area contributed by atoms with Crippen molar-refractivity contribution in [3.05, 3.63) is 115 Å². The Morgan fingerprint density at radius 2 is 1.07 bits per heavy atom. The van der Waals surface area contributed by atoms with E-state index in [1.54, 1.807) is 34.8 Å². The highest BCUT2D eigenvalue weighted by Gasteiger charge is 2.23. The number of aromatic hydroxyl groups is 2. The zero-order valence-corrected chi connectivity index (χ0v) is 26.1. The van der Waals surface area contributed by atoms with Crippen molar-refractivity contribution in [1.82, 2.24) is 9.97 Å². The van der Waals surface area contributed by atoms with Crippen LogP contribution in [-0.4, -0.2) is 31.7 Å². The van der Waals surface area contributed by atoms with Crippen molar-refractivity contribution in [3.63, 3.8) is 0 Å². The number of fused-ring (bicyclic) bond motifs is 2. The van der Waals surface area contributed by atoms with Crippen molar-refractivity contribution >= 4 is 91.7 Å². The number of rotatable bonds is 6. The zero-order valence-electron chi connectivity index (χ0n) is 23.7. The molecule has 0 fully saturated rings. The standard InChI is InChI=1S/C36H28N2O2S3/c1-21-29(17-27(42-21)15-13-25-11-9-23-5-3-7-33(39)35(23)37-25)31-19-41-20-32(31)30-18-28(43-22(30)2)16-14-26-12-10-24-6-4-8-34(40)36(24)38-26/h3-18,39-40H,19-20H2,1-2H3/b15-13+,16-14+. The van der Waals surface area contributed by atoms with E-state index >= 15 is 0 Å². The first-order valence-corrected chi connectivity index (χ1v) is 16.8. The van der Waals surface area contributed by atoms with Gasteiger partial charge in [-0.15, -0.1) is 22.7 Å². The molecule has 2 aromatic carbocycles. The highest BCUT2D eigenvalue weighted by atomic mass is 32.2. The van der Waals surface area contributed by atoms with E-state index in [0.717, 1.165) is 33.7 Å². The number of phenolic OH excluding ortho intramolecular Hbond substituents is 2. The van der Waals surface area contributed by atoms with Gasteiger partial charge in [-0.3, -0.25) is 0 Å². The molecule has 0 amide bonds. The molecule has 7 heteroatoms. The van der Waals surface area contributed by atoms with E-state index < -0.39 is 0 Å². The summed E-state index contributed by atoms with van der Waals surface area (Å²) in [6.07, 6.45) is 8.29. The Balaban J connectivity index is 1.15. The van der Waals surface area contributed by atoms with Crippen LogP contribution in [0.2, 0.25) is 0 Å². The summed E-state index contributed by atoms with van der Waals surface area (Å²) in [6.45, 7) is 4.42. The van der Waals surface area contributed by atoms with Gasteiger partial charge in [-0.1, -0.05) is 36.4 Å². The number of para-hydroxylation sites is 2. The maximum Gasteiger partial charge on any atom is 0.141 e. The molecule has 0 saturated carbocycles. The predicted molar refractivity (Wildman–Crippen MR) is 187 cm³/mol. The smallest absolute Gasteiger partial charge is 0.141 e. The minimum absolute atomic E-state index is 0.202. The van der Waals surface area contributed by atoms with E-state index in [4.69, 9.17) is 0 Å². The lowest BCUT2D eigenvalue weighted by Crippen LogP contribution is -1.90. The van der Waals surface area contributed by atoms with Gasteiger partial charge in [0.25, 0.3) is 0 Å². The Bertz CT molecular complexity index is 1970. The second-order valence-corrected chi connectivity index (χ2v) is 14.1. The number of hydrogen-bond donors (Lipinski definition) is 2. The molecule has 0 aliphatic carbocycles. The minimum atomic E-state index is 0.202. The van der Waals surface area contributed by atoms with E-state index in [-0.39, 0.29) is 11.5 Å². The Morgan fingerprint density at radius 1 is 0.605 bits per heavy atom. The largest absolute Gasteiger partial charge is 0.506 e. The van der Waals surface area contributed by atoms with E-state index in [0.29, 0.717) is 11.0 Å². The first kappa shape index (κ1) is 27.7. The predicted octanol–water partition coefficient (Wildman–Crippen LogP) is 9.93. The van der Waals surface area contributed by atoms with Crippen LogP contribution in [-0.2, 0) is 0 Å². The number of thioether (sulfide) groups is 1. The van der Waals surface area contributed by atoms with Gasteiger partial charge in [0.15, 0.2) is 0 Å². The van der Waals surface area contributed by atoms with Crippen LogP contribution in [0.15, 0.2) is 72.8 Å². The monoisotopic (exact) mass is 616 g/mol. The van der Waals surface area contributed by atoms with E-state index in [1.807, 2.05) is 72.4 Å². The Hall–Kier alpha value is -4.17. The first-order valence-electron chi connectivity index (χ1n) is 14.0. The molecule has 4 nitrogen and oxygen atoms in total. The quantitative estimate of drug-likeness (QED) is 0.195. The van der Waals surface area contributed by atoms with Crippen LogP contribution in [0.4, 0.5) is 0 Å². The second-order valence-electron chi connectivity index (χ2n) is 10.5. The number of aromatic nitrogens is 2. The van der Waals surface area contributed by atoms with Gasteiger partial charge in [0.1, 0.15) is 22.5 Å². The number of benzene rings is 2. The number of nitrogens with zero attached hydrogens (tertiary/aromatic N) is 2. The molecule has 5 heterocycles. The number of phenols is 2. The molecule has 212 valence electrons. The van der Waals surface area contributed by atoms with Crippen molar-refractivity contribution in [1.29, 1.82) is 0 Å². The average molecular weight is 617 g/mol. The van der Waals surface area contributed by atoms with Crippen LogP contribution in [0, 0.1) is 13.8 Å². The van der Waals surface area contributed by atoms with Crippen LogP contribution in [0.5, 0.6) is 11.5 Å². The van der Waals surface area contributed by atoms with Crippen molar-refractivity contribution in [3.8, 4) is 11.5 Å². The molecule has 6 aromatic rings. The fourth-order valence-corrected chi connectivity index (χ4v) is 8.58. The molecule has 0 bridgehead atoms. The molecular weight excluding hydrogens is 589 g/mol. The maximum absolute atomic E-state index is 10.2. The Morgan fingerprint density at radius 3 is 1.53 bits per heavy atom. The zero-order chi connectivity index (χ0) is 29.5. The second kappa shape index (κ2) is 11.5. The van der Waals surface area contributed by atoms with Gasteiger partial charge in [0.05, 0.1) is 11.4 Å². The number of pyridine rings is 2. The van der Waals surface area contributed by atoms with Gasteiger partial charge < -0.3 is 10.2 Å². The normalized spacial score (nSPS) is 13.9. The van der Waals surface area contributed by atoms with Crippen molar-refractivity contribution < 1.29 is 10.2 Å². The van der Waals surface area contributed by atoms with Gasteiger partial charge in [-0.25, -0.2) is 9.97 Å².